The van der Waals surface area contributed by atoms with Gasteiger partial charge in [-0.15, -0.1) is 0 Å². The van der Waals surface area contributed by atoms with Gasteiger partial charge in [0.1, 0.15) is 0 Å². The molecule has 1 aromatic heterocycles. The molecule has 118 valence electrons. The van der Waals surface area contributed by atoms with Gasteiger partial charge in [0.05, 0.1) is 6.42 Å². The lowest BCUT2D eigenvalue weighted by Crippen LogP contribution is -2.31. The Morgan fingerprint density at radius 3 is 2.78 bits per heavy atom. The Hall–Kier alpha value is -2.26. The molecule has 0 unspecified atom stereocenters. The molecule has 0 spiro atoms. The number of rotatable bonds is 4. The standard InChI is InChI=1S/C19H19ClN2O/c1-3-22(16-6-4-5-13(2)9-16)19(23)10-14-12-21-18-11-15(20)7-8-17(14)18/h4-9,11-12,21H,3,10H2,1-2H3. The minimum absolute atomic E-state index is 0.0916. The third-order valence-corrected chi connectivity index (χ3v) is 4.24. The maximum Gasteiger partial charge on any atom is 0.231 e. The summed E-state index contributed by atoms with van der Waals surface area (Å²) in [4.78, 5) is 17.8. The van der Waals surface area contributed by atoms with E-state index in [0.29, 0.717) is 18.0 Å². The Balaban J connectivity index is 1.87. The zero-order chi connectivity index (χ0) is 16.4. The van der Waals surface area contributed by atoms with Crippen molar-refractivity contribution in [3.63, 3.8) is 0 Å². The van der Waals surface area contributed by atoms with Crippen molar-refractivity contribution in [3.8, 4) is 0 Å². The summed E-state index contributed by atoms with van der Waals surface area (Å²) < 4.78 is 0. The molecule has 3 aromatic rings. The largest absolute Gasteiger partial charge is 0.361 e. The summed E-state index contributed by atoms with van der Waals surface area (Å²) in [6, 6.07) is 13.7. The van der Waals surface area contributed by atoms with Crippen molar-refractivity contribution >= 4 is 34.1 Å². The number of aryl methyl sites for hydroxylation is 1. The number of aromatic amines is 1. The second-order valence-electron chi connectivity index (χ2n) is 5.66. The van der Waals surface area contributed by atoms with Gasteiger partial charge in [0, 0.05) is 34.4 Å². The molecule has 3 nitrogen and oxygen atoms in total. The summed E-state index contributed by atoms with van der Waals surface area (Å²) in [6.45, 7) is 4.68. The zero-order valence-corrected chi connectivity index (χ0v) is 14.0. The molecule has 3 rings (SSSR count). The van der Waals surface area contributed by atoms with Gasteiger partial charge in [-0.25, -0.2) is 0 Å². The molecule has 1 N–H and O–H groups in total. The number of nitrogens with zero attached hydrogens (tertiary/aromatic N) is 1. The third kappa shape index (κ3) is 3.25. The Kier molecular flexibility index (Phi) is 4.39. The average molecular weight is 327 g/mol. The molecule has 1 heterocycles. The van der Waals surface area contributed by atoms with E-state index in [1.807, 2.05) is 67.4 Å². The number of amides is 1. The van der Waals surface area contributed by atoms with Gasteiger partial charge >= 0.3 is 0 Å². The molecule has 0 aliphatic carbocycles. The highest BCUT2D eigenvalue weighted by atomic mass is 35.5. The van der Waals surface area contributed by atoms with E-state index in [0.717, 1.165) is 27.7 Å². The number of benzene rings is 2. The molecular formula is C19H19ClN2O. The predicted octanol–water partition coefficient (Wildman–Crippen LogP) is 4.73. The monoisotopic (exact) mass is 326 g/mol. The van der Waals surface area contributed by atoms with E-state index in [2.05, 4.69) is 4.98 Å². The van der Waals surface area contributed by atoms with E-state index < -0.39 is 0 Å². The summed E-state index contributed by atoms with van der Waals surface area (Å²) in [5, 5.41) is 1.73. The van der Waals surface area contributed by atoms with Crippen molar-refractivity contribution < 1.29 is 4.79 Å². The molecule has 0 fully saturated rings. The molecule has 0 radical (unpaired) electrons. The molecule has 0 bridgehead atoms. The number of hydrogen-bond acceptors (Lipinski definition) is 1. The highest BCUT2D eigenvalue weighted by Gasteiger charge is 2.16. The van der Waals surface area contributed by atoms with Crippen LogP contribution in [0.15, 0.2) is 48.7 Å². The number of likely N-dealkylation sites (N-methyl/N-ethyl adjacent to an activating group) is 1. The Bertz CT molecular complexity index is 853. The summed E-state index contributed by atoms with van der Waals surface area (Å²) in [5.74, 6) is 0.0916. The van der Waals surface area contributed by atoms with Crippen LogP contribution in [0.4, 0.5) is 5.69 Å². The molecule has 0 saturated carbocycles. The van der Waals surface area contributed by atoms with Gasteiger partial charge in [-0.1, -0.05) is 29.8 Å². The maximum absolute atomic E-state index is 12.7. The summed E-state index contributed by atoms with van der Waals surface area (Å²) in [5.41, 5.74) is 4.04. The Morgan fingerprint density at radius 2 is 2.04 bits per heavy atom. The van der Waals surface area contributed by atoms with Crippen molar-refractivity contribution in [1.29, 1.82) is 0 Å². The molecule has 0 aliphatic rings. The smallest absolute Gasteiger partial charge is 0.231 e. The normalized spacial score (nSPS) is 10.9. The quantitative estimate of drug-likeness (QED) is 0.739. The fraction of sp³-hybridized carbons (Fsp3) is 0.211. The number of carbonyl (C=O) groups is 1. The number of halogens is 1. The summed E-state index contributed by atoms with van der Waals surface area (Å²) >= 11 is 6.01. The third-order valence-electron chi connectivity index (χ3n) is 4.00. The Morgan fingerprint density at radius 1 is 1.22 bits per heavy atom. The van der Waals surface area contributed by atoms with E-state index in [4.69, 9.17) is 11.6 Å². The average Bonchev–Trinajstić information content (AvgIpc) is 2.90. The first-order valence-electron chi connectivity index (χ1n) is 7.71. The maximum atomic E-state index is 12.7. The summed E-state index contributed by atoms with van der Waals surface area (Å²) in [6.07, 6.45) is 2.26. The Labute approximate surface area is 140 Å². The lowest BCUT2D eigenvalue weighted by molar-refractivity contribution is -0.117. The van der Waals surface area contributed by atoms with Crippen molar-refractivity contribution in [1.82, 2.24) is 4.98 Å². The van der Waals surface area contributed by atoms with Gasteiger partial charge in [0.2, 0.25) is 5.91 Å². The zero-order valence-electron chi connectivity index (χ0n) is 13.3. The van der Waals surface area contributed by atoms with Gasteiger partial charge in [-0.2, -0.15) is 0 Å². The van der Waals surface area contributed by atoms with E-state index in [9.17, 15) is 4.79 Å². The summed E-state index contributed by atoms with van der Waals surface area (Å²) in [7, 11) is 0. The van der Waals surface area contributed by atoms with Gasteiger partial charge in [0.15, 0.2) is 0 Å². The second-order valence-corrected chi connectivity index (χ2v) is 6.09. The molecule has 0 aliphatic heterocycles. The fourth-order valence-corrected chi connectivity index (χ4v) is 3.03. The SMILES string of the molecule is CCN(C(=O)Cc1c[nH]c2cc(Cl)ccc12)c1cccc(C)c1. The first-order chi connectivity index (χ1) is 11.1. The van der Waals surface area contributed by atoms with Crippen LogP contribution in [0.3, 0.4) is 0 Å². The van der Waals surface area contributed by atoms with Crippen molar-refractivity contribution in [3.05, 3.63) is 64.8 Å². The lowest BCUT2D eigenvalue weighted by Gasteiger charge is -2.21. The molecule has 0 atom stereocenters. The number of fused-ring (bicyclic) bond motifs is 1. The van der Waals surface area contributed by atoms with Crippen molar-refractivity contribution in [2.75, 3.05) is 11.4 Å². The lowest BCUT2D eigenvalue weighted by atomic mass is 10.1. The van der Waals surface area contributed by atoms with Gasteiger partial charge in [-0.05, 0) is 49.2 Å². The van der Waals surface area contributed by atoms with Crippen LogP contribution in [0.2, 0.25) is 5.02 Å². The topological polar surface area (TPSA) is 36.1 Å². The highest BCUT2D eigenvalue weighted by molar-refractivity contribution is 6.31. The van der Waals surface area contributed by atoms with Crippen LogP contribution < -0.4 is 4.90 Å². The number of anilines is 1. The van der Waals surface area contributed by atoms with Crippen molar-refractivity contribution in [2.45, 2.75) is 20.3 Å². The van der Waals surface area contributed by atoms with Crippen LogP contribution in [0.25, 0.3) is 10.9 Å². The van der Waals surface area contributed by atoms with Crippen LogP contribution in [0.1, 0.15) is 18.1 Å². The minimum Gasteiger partial charge on any atom is -0.361 e. The van der Waals surface area contributed by atoms with E-state index in [1.165, 1.54) is 0 Å². The molecule has 23 heavy (non-hydrogen) atoms. The van der Waals surface area contributed by atoms with Gasteiger partial charge < -0.3 is 9.88 Å². The van der Waals surface area contributed by atoms with E-state index in [1.54, 1.807) is 0 Å². The van der Waals surface area contributed by atoms with Crippen LogP contribution in [0.5, 0.6) is 0 Å². The van der Waals surface area contributed by atoms with Crippen LogP contribution in [0, 0.1) is 6.92 Å². The number of hydrogen-bond donors (Lipinski definition) is 1. The second kappa shape index (κ2) is 6.47. The number of nitrogens with one attached hydrogen (secondary N) is 1. The first kappa shape index (κ1) is 15.6. The van der Waals surface area contributed by atoms with Crippen LogP contribution in [-0.4, -0.2) is 17.4 Å². The molecule has 1 amide bonds. The van der Waals surface area contributed by atoms with Crippen LogP contribution in [-0.2, 0) is 11.2 Å². The van der Waals surface area contributed by atoms with Gasteiger partial charge in [-0.3, -0.25) is 4.79 Å². The first-order valence-corrected chi connectivity index (χ1v) is 8.09. The van der Waals surface area contributed by atoms with Crippen molar-refractivity contribution in [2.24, 2.45) is 0 Å². The van der Waals surface area contributed by atoms with Gasteiger partial charge in [0.25, 0.3) is 0 Å². The molecule has 2 aromatic carbocycles. The van der Waals surface area contributed by atoms with Crippen LogP contribution >= 0.6 is 11.6 Å². The molecule has 0 saturated heterocycles. The fourth-order valence-electron chi connectivity index (χ4n) is 2.86. The molecular weight excluding hydrogens is 308 g/mol. The van der Waals surface area contributed by atoms with E-state index in [-0.39, 0.29) is 5.91 Å². The number of aromatic nitrogens is 1. The predicted molar refractivity (Wildman–Crippen MR) is 96.2 cm³/mol. The molecule has 4 heteroatoms. The number of H-pyrrole nitrogens is 1. The van der Waals surface area contributed by atoms with E-state index >= 15 is 0 Å². The highest BCUT2D eigenvalue weighted by Crippen LogP contribution is 2.24. The minimum atomic E-state index is 0.0916. The number of carbonyl (C=O) groups excluding carboxylic acids is 1.